The third-order valence-corrected chi connectivity index (χ3v) is 5.22. The van der Waals surface area contributed by atoms with E-state index >= 15 is 0 Å². The molecule has 20 heavy (non-hydrogen) atoms. The first-order chi connectivity index (χ1) is 9.65. The fourth-order valence-electron chi connectivity index (χ4n) is 4.12. The summed E-state index contributed by atoms with van der Waals surface area (Å²) in [5, 5.41) is 4.12. The maximum absolute atomic E-state index is 6.10. The normalized spacial score (nSPS) is 29.6. The zero-order chi connectivity index (χ0) is 14.1. The second kappa shape index (κ2) is 5.88. The summed E-state index contributed by atoms with van der Waals surface area (Å²) in [6.07, 6.45) is 7.64. The van der Waals surface area contributed by atoms with Crippen LogP contribution in [-0.4, -0.2) is 16.0 Å². The first kappa shape index (κ1) is 14.1. The molecule has 3 nitrogen and oxygen atoms in total. The average Bonchev–Trinajstić information content (AvgIpc) is 3.00. The lowest BCUT2D eigenvalue weighted by Gasteiger charge is -2.29. The third-order valence-electron chi connectivity index (χ3n) is 5.03. The molecule has 4 atom stereocenters. The molecule has 0 radical (unpaired) electrons. The van der Waals surface area contributed by atoms with Gasteiger partial charge in [0.1, 0.15) is 16.8 Å². The Balaban J connectivity index is 1.67. The van der Waals surface area contributed by atoms with Crippen molar-refractivity contribution in [2.75, 3.05) is 5.32 Å². The van der Waals surface area contributed by atoms with Crippen molar-refractivity contribution >= 4 is 17.4 Å². The van der Waals surface area contributed by atoms with E-state index in [1.54, 1.807) is 0 Å². The van der Waals surface area contributed by atoms with Crippen molar-refractivity contribution in [3.8, 4) is 0 Å². The molecule has 0 aliphatic heterocycles. The Hall–Kier alpha value is -0.830. The standard InChI is InChI=1S/C16H24ClN3/c1-3-4-15-19-14(17)9-16(20-15)18-10(2)13-8-11-5-6-12(13)7-11/h9-13H,3-8H2,1-2H3,(H,18,19,20). The zero-order valence-electron chi connectivity index (χ0n) is 12.4. The number of rotatable bonds is 5. The van der Waals surface area contributed by atoms with Crippen molar-refractivity contribution in [1.82, 2.24) is 9.97 Å². The van der Waals surface area contributed by atoms with Crippen LogP contribution in [0.3, 0.4) is 0 Å². The van der Waals surface area contributed by atoms with Crippen LogP contribution in [0, 0.1) is 17.8 Å². The first-order valence-electron chi connectivity index (χ1n) is 7.95. The van der Waals surface area contributed by atoms with Gasteiger partial charge in [-0.3, -0.25) is 0 Å². The van der Waals surface area contributed by atoms with E-state index in [-0.39, 0.29) is 0 Å². The zero-order valence-corrected chi connectivity index (χ0v) is 13.2. The van der Waals surface area contributed by atoms with Crippen molar-refractivity contribution in [3.05, 3.63) is 17.0 Å². The van der Waals surface area contributed by atoms with Gasteiger partial charge in [-0.1, -0.05) is 24.9 Å². The molecule has 2 fully saturated rings. The van der Waals surface area contributed by atoms with Gasteiger partial charge in [0, 0.05) is 18.5 Å². The predicted molar refractivity (Wildman–Crippen MR) is 83.1 cm³/mol. The molecule has 0 aromatic carbocycles. The summed E-state index contributed by atoms with van der Waals surface area (Å²) < 4.78 is 0. The highest BCUT2D eigenvalue weighted by molar-refractivity contribution is 6.29. The summed E-state index contributed by atoms with van der Waals surface area (Å²) >= 11 is 6.10. The van der Waals surface area contributed by atoms with Gasteiger partial charge in [-0.2, -0.15) is 0 Å². The number of fused-ring (bicyclic) bond motifs is 2. The molecule has 1 N–H and O–H groups in total. The number of nitrogens with one attached hydrogen (secondary N) is 1. The lowest BCUT2D eigenvalue weighted by molar-refractivity contribution is 0.304. The lowest BCUT2D eigenvalue weighted by Crippen LogP contribution is -2.30. The Morgan fingerprint density at radius 2 is 2.20 bits per heavy atom. The summed E-state index contributed by atoms with van der Waals surface area (Å²) in [6, 6.07) is 2.33. The van der Waals surface area contributed by atoms with Gasteiger partial charge in [0.2, 0.25) is 0 Å². The van der Waals surface area contributed by atoms with Gasteiger partial charge in [-0.25, -0.2) is 9.97 Å². The highest BCUT2D eigenvalue weighted by atomic mass is 35.5. The molecule has 2 aliphatic carbocycles. The van der Waals surface area contributed by atoms with Gasteiger partial charge < -0.3 is 5.32 Å². The number of anilines is 1. The SMILES string of the molecule is CCCc1nc(Cl)cc(NC(C)C2CC3CCC2C3)n1. The van der Waals surface area contributed by atoms with E-state index in [4.69, 9.17) is 11.6 Å². The fourth-order valence-corrected chi connectivity index (χ4v) is 4.32. The fraction of sp³-hybridized carbons (Fsp3) is 0.750. The van der Waals surface area contributed by atoms with Crippen LogP contribution < -0.4 is 5.32 Å². The predicted octanol–water partition coefficient (Wildman–Crippen LogP) is 4.32. The molecule has 110 valence electrons. The minimum Gasteiger partial charge on any atom is -0.367 e. The Morgan fingerprint density at radius 1 is 1.35 bits per heavy atom. The summed E-state index contributed by atoms with van der Waals surface area (Å²) in [4.78, 5) is 8.87. The van der Waals surface area contributed by atoms with Gasteiger partial charge in [-0.15, -0.1) is 0 Å². The van der Waals surface area contributed by atoms with Gasteiger partial charge in [-0.05, 0) is 50.4 Å². The van der Waals surface area contributed by atoms with Crippen molar-refractivity contribution in [3.63, 3.8) is 0 Å². The van der Waals surface area contributed by atoms with E-state index in [0.717, 1.165) is 42.2 Å². The molecule has 1 aromatic heterocycles. The number of nitrogens with zero attached hydrogens (tertiary/aromatic N) is 2. The minimum atomic E-state index is 0.478. The van der Waals surface area contributed by atoms with Crippen LogP contribution >= 0.6 is 11.6 Å². The first-order valence-corrected chi connectivity index (χ1v) is 8.33. The van der Waals surface area contributed by atoms with Crippen LogP contribution in [0.25, 0.3) is 0 Å². The molecule has 1 heterocycles. The van der Waals surface area contributed by atoms with Gasteiger partial charge >= 0.3 is 0 Å². The molecule has 0 spiro atoms. The Morgan fingerprint density at radius 3 is 2.85 bits per heavy atom. The van der Waals surface area contributed by atoms with E-state index in [9.17, 15) is 0 Å². The third kappa shape index (κ3) is 2.93. The van der Waals surface area contributed by atoms with E-state index in [0.29, 0.717) is 11.2 Å². The number of aromatic nitrogens is 2. The molecular weight excluding hydrogens is 270 g/mol. The van der Waals surface area contributed by atoms with Crippen LogP contribution in [0.4, 0.5) is 5.82 Å². The Labute approximate surface area is 126 Å². The van der Waals surface area contributed by atoms with E-state index in [2.05, 4.69) is 29.1 Å². The highest BCUT2D eigenvalue weighted by Gasteiger charge is 2.41. The molecule has 2 aliphatic rings. The maximum atomic E-state index is 6.10. The lowest BCUT2D eigenvalue weighted by atomic mass is 9.84. The number of hydrogen-bond acceptors (Lipinski definition) is 3. The molecule has 0 amide bonds. The van der Waals surface area contributed by atoms with Crippen LogP contribution in [0.5, 0.6) is 0 Å². The summed E-state index contributed by atoms with van der Waals surface area (Å²) in [6.45, 7) is 4.43. The molecule has 4 heteroatoms. The molecule has 1 aromatic rings. The van der Waals surface area contributed by atoms with E-state index in [1.807, 2.05) is 6.07 Å². The largest absolute Gasteiger partial charge is 0.367 e. The van der Waals surface area contributed by atoms with Crippen molar-refractivity contribution < 1.29 is 0 Å². The molecule has 2 bridgehead atoms. The number of hydrogen-bond donors (Lipinski definition) is 1. The second-order valence-corrected chi connectivity index (χ2v) is 6.90. The van der Waals surface area contributed by atoms with Crippen molar-refractivity contribution in [2.45, 2.75) is 58.4 Å². The second-order valence-electron chi connectivity index (χ2n) is 6.51. The quantitative estimate of drug-likeness (QED) is 0.822. The summed E-state index contributed by atoms with van der Waals surface area (Å²) in [5.41, 5.74) is 0. The smallest absolute Gasteiger partial charge is 0.134 e. The monoisotopic (exact) mass is 293 g/mol. The summed E-state index contributed by atoms with van der Waals surface area (Å²) in [5.74, 6) is 4.46. The molecule has 2 saturated carbocycles. The molecular formula is C16H24ClN3. The van der Waals surface area contributed by atoms with E-state index < -0.39 is 0 Å². The highest BCUT2D eigenvalue weighted by Crippen LogP contribution is 2.49. The number of aryl methyl sites for hydroxylation is 1. The van der Waals surface area contributed by atoms with Gasteiger partial charge in [0.15, 0.2) is 0 Å². The van der Waals surface area contributed by atoms with Gasteiger partial charge in [0.25, 0.3) is 0 Å². The van der Waals surface area contributed by atoms with Crippen molar-refractivity contribution in [2.24, 2.45) is 17.8 Å². The molecule has 0 saturated heterocycles. The molecule has 3 rings (SSSR count). The van der Waals surface area contributed by atoms with Crippen LogP contribution in [0.2, 0.25) is 5.15 Å². The summed E-state index contributed by atoms with van der Waals surface area (Å²) in [7, 11) is 0. The average molecular weight is 294 g/mol. The topological polar surface area (TPSA) is 37.8 Å². The van der Waals surface area contributed by atoms with Crippen LogP contribution in [0.1, 0.15) is 51.8 Å². The van der Waals surface area contributed by atoms with Crippen molar-refractivity contribution in [1.29, 1.82) is 0 Å². The van der Waals surface area contributed by atoms with Crippen LogP contribution in [0.15, 0.2) is 6.07 Å². The van der Waals surface area contributed by atoms with Crippen LogP contribution in [-0.2, 0) is 6.42 Å². The Kier molecular flexibility index (Phi) is 4.16. The van der Waals surface area contributed by atoms with E-state index in [1.165, 1.54) is 25.7 Å². The number of halogens is 1. The minimum absolute atomic E-state index is 0.478. The maximum Gasteiger partial charge on any atom is 0.134 e. The molecule has 4 unspecified atom stereocenters. The Bertz CT molecular complexity index is 477. The van der Waals surface area contributed by atoms with Gasteiger partial charge in [0.05, 0.1) is 0 Å².